The van der Waals surface area contributed by atoms with Gasteiger partial charge in [-0.05, 0) is 11.4 Å². The van der Waals surface area contributed by atoms with Crippen LogP contribution in [0.3, 0.4) is 0 Å². The first-order valence-electron chi connectivity index (χ1n) is 3.23. The molecule has 64 valence electrons. The minimum absolute atomic E-state index is 0.329. The molecule has 5 heteroatoms. The minimum Gasteiger partial charge on any atom is -0.480 e. The van der Waals surface area contributed by atoms with Crippen molar-refractivity contribution in [1.82, 2.24) is 0 Å². The van der Waals surface area contributed by atoms with Gasteiger partial charge in [-0.2, -0.15) is 0 Å². The summed E-state index contributed by atoms with van der Waals surface area (Å²) in [6, 6.07) is 3.39. The Morgan fingerprint density at radius 2 is 2.42 bits per heavy atom. The van der Waals surface area contributed by atoms with Crippen LogP contribution in [-0.2, 0) is 4.79 Å². The summed E-state index contributed by atoms with van der Waals surface area (Å²) in [5.41, 5.74) is 5.14. The van der Waals surface area contributed by atoms with E-state index in [1.165, 1.54) is 11.3 Å². The minimum atomic E-state index is -1.08. The van der Waals surface area contributed by atoms with Crippen LogP contribution in [0.5, 0.6) is 0 Å². The molecule has 0 saturated heterocycles. The third kappa shape index (κ3) is 1.62. The molecular formula is C7H8N2O2S. The van der Waals surface area contributed by atoms with Crippen molar-refractivity contribution in [2.75, 3.05) is 0 Å². The highest BCUT2D eigenvalue weighted by molar-refractivity contribution is 7.10. The normalized spacial score (nSPS) is 12.3. The Kier molecular flexibility index (Phi) is 2.44. The number of carboxylic acids is 1. The second-order valence-corrected chi connectivity index (χ2v) is 3.22. The van der Waals surface area contributed by atoms with Crippen molar-refractivity contribution in [3.8, 4) is 0 Å². The van der Waals surface area contributed by atoms with Crippen LogP contribution in [0.15, 0.2) is 17.5 Å². The fourth-order valence-electron chi connectivity index (χ4n) is 0.864. The highest BCUT2D eigenvalue weighted by Gasteiger charge is 2.23. The Morgan fingerprint density at radius 3 is 2.75 bits per heavy atom. The molecule has 0 amide bonds. The number of aliphatic carboxylic acids is 1. The maximum atomic E-state index is 10.6. The van der Waals surface area contributed by atoms with E-state index in [1.807, 2.05) is 0 Å². The van der Waals surface area contributed by atoms with E-state index in [0.717, 1.165) is 0 Å². The highest BCUT2D eigenvalue weighted by atomic mass is 32.1. The maximum Gasteiger partial charge on any atom is 0.319 e. The quantitative estimate of drug-likeness (QED) is 0.480. The fourth-order valence-corrected chi connectivity index (χ4v) is 1.70. The van der Waals surface area contributed by atoms with Crippen LogP contribution < -0.4 is 5.73 Å². The largest absolute Gasteiger partial charge is 0.480 e. The Morgan fingerprint density at radius 1 is 1.75 bits per heavy atom. The molecule has 0 aliphatic carbocycles. The number of thiophene rings is 1. The molecule has 1 heterocycles. The summed E-state index contributed by atoms with van der Waals surface area (Å²) < 4.78 is 0. The molecule has 0 bridgehead atoms. The summed E-state index contributed by atoms with van der Waals surface area (Å²) in [7, 11) is 0. The number of nitrogens with two attached hydrogens (primary N) is 1. The molecule has 0 fully saturated rings. The van der Waals surface area contributed by atoms with Gasteiger partial charge in [-0.25, -0.2) is 0 Å². The smallest absolute Gasteiger partial charge is 0.319 e. The van der Waals surface area contributed by atoms with Crippen LogP contribution in [0, 0.1) is 5.41 Å². The van der Waals surface area contributed by atoms with E-state index < -0.39 is 11.9 Å². The third-order valence-corrected chi connectivity index (χ3v) is 2.32. The van der Waals surface area contributed by atoms with Crippen LogP contribution in [-0.4, -0.2) is 16.9 Å². The Hall–Kier alpha value is -1.36. The number of carbonyl (C=O) groups is 1. The summed E-state index contributed by atoms with van der Waals surface area (Å²) in [6.45, 7) is 0. The maximum absolute atomic E-state index is 10.6. The lowest BCUT2D eigenvalue weighted by molar-refractivity contribution is -0.137. The first kappa shape index (κ1) is 8.73. The predicted molar refractivity (Wildman–Crippen MR) is 46.6 cm³/mol. The molecule has 4 N–H and O–H groups in total. The monoisotopic (exact) mass is 184 g/mol. The molecule has 1 rings (SSSR count). The van der Waals surface area contributed by atoms with E-state index in [1.54, 1.807) is 17.5 Å². The lowest BCUT2D eigenvalue weighted by Gasteiger charge is -2.06. The van der Waals surface area contributed by atoms with E-state index in [9.17, 15) is 4.79 Å². The van der Waals surface area contributed by atoms with Crippen molar-refractivity contribution in [2.45, 2.75) is 5.92 Å². The zero-order valence-corrected chi connectivity index (χ0v) is 6.97. The number of nitrogens with one attached hydrogen (secondary N) is 1. The lowest BCUT2D eigenvalue weighted by Crippen LogP contribution is -2.26. The van der Waals surface area contributed by atoms with Crippen molar-refractivity contribution < 1.29 is 9.90 Å². The van der Waals surface area contributed by atoms with E-state index in [4.69, 9.17) is 16.2 Å². The molecule has 12 heavy (non-hydrogen) atoms. The summed E-state index contributed by atoms with van der Waals surface area (Å²) in [6.07, 6.45) is 0. The fraction of sp³-hybridized carbons (Fsp3) is 0.143. The van der Waals surface area contributed by atoms with Crippen LogP contribution in [0.25, 0.3) is 0 Å². The van der Waals surface area contributed by atoms with Crippen LogP contribution in [0.2, 0.25) is 0 Å². The van der Waals surface area contributed by atoms with Crippen molar-refractivity contribution in [3.63, 3.8) is 0 Å². The van der Waals surface area contributed by atoms with Gasteiger partial charge in [-0.15, -0.1) is 11.3 Å². The van der Waals surface area contributed by atoms with Crippen LogP contribution in [0.4, 0.5) is 0 Å². The van der Waals surface area contributed by atoms with Gasteiger partial charge in [0.2, 0.25) is 0 Å². The van der Waals surface area contributed by atoms with Gasteiger partial charge in [0.05, 0.1) is 0 Å². The SMILES string of the molecule is N=C(N)C(C(=O)O)c1cccs1. The molecule has 0 aromatic carbocycles. The first-order valence-corrected chi connectivity index (χ1v) is 4.11. The summed E-state index contributed by atoms with van der Waals surface area (Å²) in [4.78, 5) is 11.2. The molecule has 0 radical (unpaired) electrons. The van der Waals surface area contributed by atoms with E-state index >= 15 is 0 Å². The van der Waals surface area contributed by atoms with Crippen LogP contribution in [0.1, 0.15) is 10.8 Å². The van der Waals surface area contributed by atoms with Crippen molar-refractivity contribution in [1.29, 1.82) is 5.41 Å². The topological polar surface area (TPSA) is 87.2 Å². The first-order chi connectivity index (χ1) is 5.63. The highest BCUT2D eigenvalue weighted by Crippen LogP contribution is 2.20. The molecule has 0 aliphatic rings. The molecule has 0 saturated carbocycles. The second-order valence-electron chi connectivity index (χ2n) is 2.24. The molecule has 1 atom stereocenters. The van der Waals surface area contributed by atoms with Gasteiger partial charge in [0.25, 0.3) is 0 Å². The molecule has 1 aromatic heterocycles. The van der Waals surface area contributed by atoms with Gasteiger partial charge in [-0.1, -0.05) is 6.07 Å². The van der Waals surface area contributed by atoms with Gasteiger partial charge < -0.3 is 10.8 Å². The lowest BCUT2D eigenvalue weighted by atomic mass is 10.1. The van der Waals surface area contributed by atoms with Gasteiger partial charge in [0.15, 0.2) is 0 Å². The summed E-state index contributed by atoms with van der Waals surface area (Å²) in [5.74, 6) is -2.39. The average Bonchev–Trinajstić information content (AvgIpc) is 2.37. The number of hydrogen-bond donors (Lipinski definition) is 3. The summed E-state index contributed by atoms with van der Waals surface area (Å²) in [5, 5.41) is 17.5. The standard InChI is InChI=1S/C7H8N2O2S/c8-6(9)5(7(10)11)4-2-1-3-12-4/h1-3,5H,(H3,8,9)(H,10,11). The second kappa shape index (κ2) is 3.36. The number of amidine groups is 1. The van der Waals surface area contributed by atoms with E-state index in [0.29, 0.717) is 4.88 Å². The molecular weight excluding hydrogens is 176 g/mol. The van der Waals surface area contributed by atoms with Gasteiger partial charge >= 0.3 is 5.97 Å². The third-order valence-electron chi connectivity index (χ3n) is 1.39. The van der Waals surface area contributed by atoms with Crippen molar-refractivity contribution in [2.24, 2.45) is 5.73 Å². The Balaban J connectivity index is 2.96. The van der Waals surface area contributed by atoms with Crippen molar-refractivity contribution in [3.05, 3.63) is 22.4 Å². The van der Waals surface area contributed by atoms with E-state index in [-0.39, 0.29) is 5.84 Å². The molecule has 1 unspecified atom stereocenters. The predicted octanol–water partition coefficient (Wildman–Crippen LogP) is 0.852. The summed E-state index contributed by atoms with van der Waals surface area (Å²) >= 11 is 1.29. The molecule has 0 aliphatic heterocycles. The number of carboxylic acid groups (broad SMARTS) is 1. The zero-order valence-electron chi connectivity index (χ0n) is 6.15. The van der Waals surface area contributed by atoms with Crippen molar-refractivity contribution >= 4 is 23.1 Å². The van der Waals surface area contributed by atoms with E-state index in [2.05, 4.69) is 0 Å². The average molecular weight is 184 g/mol. The molecule has 4 nitrogen and oxygen atoms in total. The van der Waals surface area contributed by atoms with Gasteiger partial charge in [-0.3, -0.25) is 10.2 Å². The zero-order chi connectivity index (χ0) is 9.14. The molecule has 0 spiro atoms. The molecule has 1 aromatic rings. The van der Waals surface area contributed by atoms with Gasteiger partial charge in [0, 0.05) is 4.88 Å². The number of rotatable bonds is 3. The Bertz CT molecular complexity index is 280. The van der Waals surface area contributed by atoms with Gasteiger partial charge in [0.1, 0.15) is 11.8 Å². The van der Waals surface area contributed by atoms with Crippen LogP contribution >= 0.6 is 11.3 Å². The Labute approximate surface area is 73.1 Å². The number of hydrogen-bond acceptors (Lipinski definition) is 3.